The Morgan fingerprint density at radius 1 is 1.32 bits per heavy atom. The lowest BCUT2D eigenvalue weighted by atomic mass is 10.2. The van der Waals surface area contributed by atoms with E-state index in [1.807, 2.05) is 35.8 Å². The molecule has 1 aromatic carbocycles. The zero-order valence-corrected chi connectivity index (χ0v) is 11.6. The Balaban J connectivity index is 2.33. The third-order valence-corrected chi connectivity index (χ3v) is 3.08. The molecule has 102 valence electrons. The first-order chi connectivity index (χ1) is 9.26. The fraction of sp³-hybridized carbons (Fsp3) is 0.467. The lowest BCUT2D eigenvalue weighted by molar-refractivity contribution is -0.143. The van der Waals surface area contributed by atoms with E-state index in [4.69, 9.17) is 4.74 Å². The number of fused-ring (bicyclic) bond motifs is 1. The minimum absolute atomic E-state index is 0.205. The van der Waals surface area contributed by atoms with Gasteiger partial charge in [-0.25, -0.2) is 4.98 Å². The fourth-order valence-electron chi connectivity index (χ4n) is 2.16. The van der Waals surface area contributed by atoms with Gasteiger partial charge in [-0.2, -0.15) is 0 Å². The quantitative estimate of drug-likeness (QED) is 0.750. The van der Waals surface area contributed by atoms with E-state index in [0.29, 0.717) is 6.61 Å². The summed E-state index contributed by atoms with van der Waals surface area (Å²) in [5.74, 6) is 0.763. The molecule has 1 heterocycles. The summed E-state index contributed by atoms with van der Waals surface area (Å²) >= 11 is 0. The van der Waals surface area contributed by atoms with Crippen LogP contribution in [0.4, 0.5) is 0 Å². The summed E-state index contributed by atoms with van der Waals surface area (Å²) in [6, 6.07) is 7.91. The summed E-state index contributed by atoms with van der Waals surface area (Å²) in [6.45, 7) is 4.63. The van der Waals surface area contributed by atoms with E-state index < -0.39 is 0 Å². The number of aromatic nitrogens is 2. The average molecular weight is 260 g/mol. The van der Waals surface area contributed by atoms with Crippen molar-refractivity contribution in [3.63, 3.8) is 0 Å². The van der Waals surface area contributed by atoms with Crippen molar-refractivity contribution in [3.8, 4) is 0 Å². The van der Waals surface area contributed by atoms with Crippen LogP contribution in [0.5, 0.6) is 0 Å². The highest BCUT2D eigenvalue weighted by molar-refractivity contribution is 5.78. The highest BCUT2D eigenvalue weighted by atomic mass is 16.5. The first-order valence-electron chi connectivity index (χ1n) is 6.86. The number of hydrogen-bond acceptors (Lipinski definition) is 3. The van der Waals surface area contributed by atoms with Crippen molar-refractivity contribution in [2.24, 2.45) is 0 Å². The molecule has 0 saturated carbocycles. The number of carbonyl (C=O) groups is 1. The lowest BCUT2D eigenvalue weighted by Crippen LogP contribution is -2.15. The molecule has 1 aromatic heterocycles. The molecule has 0 spiro atoms. The monoisotopic (exact) mass is 260 g/mol. The van der Waals surface area contributed by atoms with Gasteiger partial charge in [0.05, 0.1) is 17.6 Å². The van der Waals surface area contributed by atoms with Gasteiger partial charge in [-0.05, 0) is 25.5 Å². The van der Waals surface area contributed by atoms with Crippen LogP contribution in [0.2, 0.25) is 0 Å². The topological polar surface area (TPSA) is 44.1 Å². The summed E-state index contributed by atoms with van der Waals surface area (Å²) in [4.78, 5) is 16.3. The van der Waals surface area contributed by atoms with Gasteiger partial charge >= 0.3 is 5.97 Å². The molecule has 0 N–H and O–H groups in total. The predicted molar refractivity (Wildman–Crippen MR) is 75.0 cm³/mol. The van der Waals surface area contributed by atoms with E-state index in [1.165, 1.54) is 0 Å². The molecule has 0 aliphatic carbocycles. The third-order valence-electron chi connectivity index (χ3n) is 3.08. The van der Waals surface area contributed by atoms with Gasteiger partial charge in [0, 0.05) is 6.42 Å². The maximum atomic E-state index is 11.7. The molecule has 0 bridgehead atoms. The van der Waals surface area contributed by atoms with Gasteiger partial charge in [-0.15, -0.1) is 0 Å². The van der Waals surface area contributed by atoms with Crippen LogP contribution in [-0.2, 0) is 22.5 Å². The van der Waals surface area contributed by atoms with Crippen LogP contribution in [0, 0.1) is 0 Å². The number of hydrogen-bond donors (Lipinski definition) is 0. The lowest BCUT2D eigenvalue weighted by Gasteiger charge is -2.08. The molecular weight excluding hydrogens is 240 g/mol. The Bertz CT molecular complexity index is 560. The van der Waals surface area contributed by atoms with E-state index in [2.05, 4.69) is 11.9 Å². The SMILES string of the molecule is CCCCc1nc2ccccc2n1CC(=O)OCC. The number of imidazole rings is 1. The second-order valence-corrected chi connectivity index (χ2v) is 4.51. The number of esters is 1. The standard InChI is InChI=1S/C15H20N2O2/c1-3-5-10-14-16-12-8-6-7-9-13(12)17(14)11-15(18)19-4-2/h6-9H,3-5,10-11H2,1-2H3. The maximum absolute atomic E-state index is 11.7. The number of unbranched alkanes of at least 4 members (excludes halogenated alkanes) is 1. The number of aryl methyl sites for hydroxylation is 1. The van der Waals surface area contributed by atoms with Gasteiger partial charge in [0.1, 0.15) is 12.4 Å². The van der Waals surface area contributed by atoms with Crippen LogP contribution in [0.15, 0.2) is 24.3 Å². The van der Waals surface area contributed by atoms with Gasteiger partial charge in [0.25, 0.3) is 0 Å². The van der Waals surface area contributed by atoms with E-state index >= 15 is 0 Å². The van der Waals surface area contributed by atoms with Crippen LogP contribution in [0.1, 0.15) is 32.5 Å². The highest BCUT2D eigenvalue weighted by Gasteiger charge is 2.13. The van der Waals surface area contributed by atoms with Gasteiger partial charge < -0.3 is 9.30 Å². The molecule has 0 radical (unpaired) electrons. The zero-order chi connectivity index (χ0) is 13.7. The van der Waals surface area contributed by atoms with E-state index in [1.54, 1.807) is 0 Å². The van der Waals surface area contributed by atoms with Crippen LogP contribution in [-0.4, -0.2) is 22.1 Å². The Labute approximate surface area is 113 Å². The Hall–Kier alpha value is -1.84. The smallest absolute Gasteiger partial charge is 0.326 e. The number of ether oxygens (including phenoxy) is 1. The van der Waals surface area contributed by atoms with Gasteiger partial charge in [-0.1, -0.05) is 25.5 Å². The Kier molecular flexibility index (Phi) is 4.55. The Morgan fingerprint density at radius 3 is 2.84 bits per heavy atom. The van der Waals surface area contributed by atoms with E-state index in [9.17, 15) is 4.79 Å². The van der Waals surface area contributed by atoms with Crippen molar-refractivity contribution < 1.29 is 9.53 Å². The molecule has 0 amide bonds. The summed E-state index contributed by atoms with van der Waals surface area (Å²) in [5.41, 5.74) is 1.94. The molecule has 0 aliphatic rings. The molecule has 0 unspecified atom stereocenters. The second kappa shape index (κ2) is 6.36. The number of para-hydroxylation sites is 2. The molecule has 0 saturated heterocycles. The molecule has 4 heteroatoms. The minimum atomic E-state index is -0.205. The fourth-order valence-corrected chi connectivity index (χ4v) is 2.16. The first-order valence-corrected chi connectivity index (χ1v) is 6.86. The van der Waals surface area contributed by atoms with E-state index in [0.717, 1.165) is 36.1 Å². The number of benzene rings is 1. The Morgan fingerprint density at radius 2 is 2.11 bits per heavy atom. The number of rotatable bonds is 6. The van der Waals surface area contributed by atoms with Crippen molar-refractivity contribution in [2.45, 2.75) is 39.7 Å². The molecule has 0 atom stereocenters. The van der Waals surface area contributed by atoms with Crippen molar-refractivity contribution in [1.82, 2.24) is 9.55 Å². The number of carbonyl (C=O) groups excluding carboxylic acids is 1. The molecule has 2 rings (SSSR count). The first kappa shape index (κ1) is 13.6. The predicted octanol–water partition coefficient (Wildman–Crippen LogP) is 2.94. The van der Waals surface area contributed by atoms with Crippen LogP contribution >= 0.6 is 0 Å². The molecule has 0 aliphatic heterocycles. The molecule has 2 aromatic rings. The largest absolute Gasteiger partial charge is 0.465 e. The summed E-state index contributed by atoms with van der Waals surface area (Å²) < 4.78 is 7.01. The molecule has 0 fully saturated rings. The van der Waals surface area contributed by atoms with Crippen LogP contribution in [0.3, 0.4) is 0 Å². The normalized spacial score (nSPS) is 10.8. The van der Waals surface area contributed by atoms with E-state index in [-0.39, 0.29) is 12.5 Å². The summed E-state index contributed by atoms with van der Waals surface area (Å²) in [7, 11) is 0. The van der Waals surface area contributed by atoms with Gasteiger partial charge in [0.15, 0.2) is 0 Å². The van der Waals surface area contributed by atoms with Gasteiger partial charge in [0.2, 0.25) is 0 Å². The maximum Gasteiger partial charge on any atom is 0.326 e. The molecular formula is C15H20N2O2. The van der Waals surface area contributed by atoms with Crippen LogP contribution < -0.4 is 0 Å². The number of nitrogens with zero attached hydrogens (tertiary/aromatic N) is 2. The van der Waals surface area contributed by atoms with Crippen LogP contribution in [0.25, 0.3) is 11.0 Å². The van der Waals surface area contributed by atoms with Crippen molar-refractivity contribution in [1.29, 1.82) is 0 Å². The molecule has 4 nitrogen and oxygen atoms in total. The summed E-state index contributed by atoms with van der Waals surface area (Å²) in [5, 5.41) is 0. The van der Waals surface area contributed by atoms with Crippen molar-refractivity contribution in [2.75, 3.05) is 6.61 Å². The average Bonchev–Trinajstić information content (AvgIpc) is 2.75. The zero-order valence-electron chi connectivity index (χ0n) is 11.6. The molecule has 19 heavy (non-hydrogen) atoms. The highest BCUT2D eigenvalue weighted by Crippen LogP contribution is 2.17. The van der Waals surface area contributed by atoms with Crippen molar-refractivity contribution in [3.05, 3.63) is 30.1 Å². The minimum Gasteiger partial charge on any atom is -0.465 e. The summed E-state index contributed by atoms with van der Waals surface area (Å²) in [6.07, 6.45) is 3.08. The second-order valence-electron chi connectivity index (χ2n) is 4.51. The third kappa shape index (κ3) is 3.13. The van der Waals surface area contributed by atoms with Crippen molar-refractivity contribution >= 4 is 17.0 Å². The van der Waals surface area contributed by atoms with Gasteiger partial charge in [-0.3, -0.25) is 4.79 Å².